The van der Waals surface area contributed by atoms with Crippen molar-refractivity contribution in [1.82, 2.24) is 9.55 Å². The van der Waals surface area contributed by atoms with Crippen LogP contribution < -0.4 is 10.6 Å². The van der Waals surface area contributed by atoms with Crippen LogP contribution in [0, 0.1) is 5.41 Å². The molecule has 0 radical (unpaired) electrons. The Hall–Kier alpha value is -2.01. The molecule has 1 aromatic carbocycles. The first kappa shape index (κ1) is 13.4. The molecule has 0 bridgehead atoms. The molecule has 1 heterocycles. The van der Waals surface area contributed by atoms with E-state index in [1.165, 1.54) is 0 Å². The number of halogens is 1. The highest BCUT2D eigenvalue weighted by atomic mass is 35.5. The summed E-state index contributed by atoms with van der Waals surface area (Å²) in [4.78, 5) is 6.29. The molecule has 1 aromatic heterocycles. The molecule has 19 heavy (non-hydrogen) atoms. The zero-order chi connectivity index (χ0) is 14.0. The monoisotopic (exact) mass is 277 g/mol. The predicted octanol–water partition coefficient (Wildman–Crippen LogP) is 1.99. The second kappa shape index (κ2) is 5.32. The summed E-state index contributed by atoms with van der Waals surface area (Å²) in [6, 6.07) is 5.36. The number of nitrogen functional groups attached to an aromatic ring is 1. The van der Waals surface area contributed by atoms with E-state index in [9.17, 15) is 0 Å². The summed E-state index contributed by atoms with van der Waals surface area (Å²) in [5.74, 6) is 0.967. The summed E-state index contributed by atoms with van der Waals surface area (Å²) >= 11 is 6.23. The minimum Gasteiger partial charge on any atom is -0.384 e. The molecule has 2 aromatic rings. The minimum atomic E-state index is 0.0141. The fraction of sp³-hybridized carbons (Fsp3) is 0.231. The summed E-state index contributed by atoms with van der Waals surface area (Å²) in [6.45, 7) is 0.655. The number of nitrogens with two attached hydrogens (primary N) is 1. The van der Waals surface area contributed by atoms with Crippen LogP contribution in [0.25, 0.3) is 0 Å². The summed E-state index contributed by atoms with van der Waals surface area (Å²) in [5, 5.41) is 7.96. The van der Waals surface area contributed by atoms with Gasteiger partial charge in [0, 0.05) is 32.1 Å². The number of aromatic nitrogens is 2. The smallest absolute Gasteiger partial charge is 0.127 e. The van der Waals surface area contributed by atoms with Gasteiger partial charge in [-0.05, 0) is 18.2 Å². The number of hydrogen-bond donors (Lipinski definition) is 2. The van der Waals surface area contributed by atoms with E-state index in [0.717, 1.165) is 11.5 Å². The Morgan fingerprint density at radius 3 is 2.79 bits per heavy atom. The first-order valence-electron chi connectivity index (χ1n) is 5.80. The highest BCUT2D eigenvalue weighted by Gasteiger charge is 2.10. The second-order valence-electron chi connectivity index (χ2n) is 4.39. The van der Waals surface area contributed by atoms with Crippen LogP contribution in [-0.2, 0) is 13.6 Å². The summed E-state index contributed by atoms with van der Waals surface area (Å²) in [6.07, 6.45) is 3.67. The third-order valence-corrected chi connectivity index (χ3v) is 3.27. The van der Waals surface area contributed by atoms with Gasteiger partial charge in [-0.15, -0.1) is 0 Å². The average Bonchev–Trinajstić information content (AvgIpc) is 2.74. The maximum absolute atomic E-state index is 7.39. The molecule has 0 aliphatic heterocycles. The second-order valence-corrected chi connectivity index (χ2v) is 4.80. The Kier molecular flexibility index (Phi) is 3.76. The maximum atomic E-state index is 7.39. The molecule has 0 atom stereocenters. The number of imidazole rings is 1. The normalized spacial score (nSPS) is 10.5. The highest BCUT2D eigenvalue weighted by Crippen LogP contribution is 2.26. The number of nitrogens with one attached hydrogen (secondary N) is 1. The van der Waals surface area contributed by atoms with Crippen molar-refractivity contribution in [2.24, 2.45) is 12.8 Å². The van der Waals surface area contributed by atoms with Crippen molar-refractivity contribution in [2.45, 2.75) is 6.54 Å². The van der Waals surface area contributed by atoms with E-state index in [2.05, 4.69) is 4.98 Å². The molecule has 100 valence electrons. The van der Waals surface area contributed by atoms with Gasteiger partial charge in [0.05, 0.1) is 17.3 Å². The van der Waals surface area contributed by atoms with Gasteiger partial charge in [0.2, 0.25) is 0 Å². The van der Waals surface area contributed by atoms with Crippen LogP contribution in [-0.4, -0.2) is 22.4 Å². The number of anilines is 1. The molecular formula is C13H16ClN5. The molecule has 0 saturated carbocycles. The lowest BCUT2D eigenvalue weighted by Crippen LogP contribution is -2.20. The van der Waals surface area contributed by atoms with Crippen LogP contribution in [0.2, 0.25) is 5.02 Å². The van der Waals surface area contributed by atoms with Crippen LogP contribution in [0.4, 0.5) is 5.69 Å². The van der Waals surface area contributed by atoms with E-state index in [1.54, 1.807) is 18.3 Å². The topological polar surface area (TPSA) is 70.9 Å². The van der Waals surface area contributed by atoms with Crippen LogP contribution in [0.15, 0.2) is 30.6 Å². The molecule has 5 nitrogen and oxygen atoms in total. The first-order valence-corrected chi connectivity index (χ1v) is 6.18. The molecule has 0 aliphatic carbocycles. The lowest BCUT2D eigenvalue weighted by Gasteiger charge is -2.20. The van der Waals surface area contributed by atoms with E-state index in [4.69, 9.17) is 22.7 Å². The predicted molar refractivity (Wildman–Crippen MR) is 77.8 cm³/mol. The minimum absolute atomic E-state index is 0.0141. The van der Waals surface area contributed by atoms with Crippen molar-refractivity contribution < 1.29 is 0 Å². The molecule has 0 aliphatic rings. The molecule has 0 spiro atoms. The van der Waals surface area contributed by atoms with Crippen LogP contribution in [0.5, 0.6) is 0 Å². The van der Waals surface area contributed by atoms with E-state index in [-0.39, 0.29) is 5.84 Å². The summed E-state index contributed by atoms with van der Waals surface area (Å²) in [7, 11) is 3.90. The Morgan fingerprint density at radius 1 is 1.53 bits per heavy atom. The van der Waals surface area contributed by atoms with Crippen molar-refractivity contribution >= 4 is 23.1 Å². The summed E-state index contributed by atoms with van der Waals surface area (Å²) < 4.78 is 1.97. The number of rotatable bonds is 4. The van der Waals surface area contributed by atoms with Crippen molar-refractivity contribution in [3.63, 3.8) is 0 Å². The van der Waals surface area contributed by atoms with Crippen LogP contribution in [0.3, 0.4) is 0 Å². The Bertz CT molecular complexity index is 605. The highest BCUT2D eigenvalue weighted by molar-refractivity contribution is 6.33. The average molecular weight is 278 g/mol. The number of amidine groups is 1. The van der Waals surface area contributed by atoms with Crippen molar-refractivity contribution in [3.8, 4) is 0 Å². The molecule has 0 amide bonds. The van der Waals surface area contributed by atoms with Gasteiger partial charge >= 0.3 is 0 Å². The standard InChI is InChI=1S/C13H16ClN5/c1-18-6-5-17-12(18)8-19(2)11-4-3-9(13(15)16)7-10(11)14/h3-7H,8H2,1-2H3,(H3,15,16). The van der Waals surface area contributed by atoms with E-state index in [0.29, 0.717) is 17.1 Å². The fourth-order valence-electron chi connectivity index (χ4n) is 1.83. The lowest BCUT2D eigenvalue weighted by molar-refractivity contribution is 0.762. The Balaban J connectivity index is 2.22. The molecule has 0 unspecified atom stereocenters. The molecule has 0 saturated heterocycles. The molecule has 6 heteroatoms. The fourth-order valence-corrected chi connectivity index (χ4v) is 2.15. The first-order chi connectivity index (χ1) is 8.99. The van der Waals surface area contributed by atoms with Gasteiger partial charge < -0.3 is 15.2 Å². The van der Waals surface area contributed by atoms with Gasteiger partial charge in [0.15, 0.2) is 0 Å². The summed E-state index contributed by atoms with van der Waals surface area (Å²) in [5.41, 5.74) is 6.94. The van der Waals surface area contributed by atoms with Gasteiger partial charge in [0.1, 0.15) is 11.7 Å². The SMILES string of the molecule is CN(Cc1nccn1C)c1ccc(C(=N)N)cc1Cl. The molecule has 0 fully saturated rings. The zero-order valence-corrected chi connectivity index (χ0v) is 11.6. The molecular weight excluding hydrogens is 262 g/mol. The van der Waals surface area contributed by atoms with E-state index >= 15 is 0 Å². The van der Waals surface area contributed by atoms with Gasteiger partial charge in [0.25, 0.3) is 0 Å². The van der Waals surface area contributed by atoms with Gasteiger partial charge in [-0.2, -0.15) is 0 Å². The largest absolute Gasteiger partial charge is 0.384 e. The number of hydrogen-bond acceptors (Lipinski definition) is 3. The van der Waals surface area contributed by atoms with E-state index < -0.39 is 0 Å². The van der Waals surface area contributed by atoms with Gasteiger partial charge in [-0.1, -0.05) is 11.6 Å². The third-order valence-electron chi connectivity index (χ3n) is 2.97. The maximum Gasteiger partial charge on any atom is 0.127 e. The Labute approximate surface area is 117 Å². The molecule has 2 rings (SSSR count). The number of aryl methyl sites for hydroxylation is 1. The van der Waals surface area contributed by atoms with Crippen molar-refractivity contribution in [1.29, 1.82) is 5.41 Å². The van der Waals surface area contributed by atoms with Gasteiger partial charge in [-0.25, -0.2) is 4.98 Å². The molecule has 3 N–H and O–H groups in total. The number of benzene rings is 1. The van der Waals surface area contributed by atoms with Crippen LogP contribution in [0.1, 0.15) is 11.4 Å². The Morgan fingerprint density at radius 2 is 2.26 bits per heavy atom. The zero-order valence-electron chi connectivity index (χ0n) is 10.9. The van der Waals surface area contributed by atoms with Crippen LogP contribution >= 0.6 is 11.6 Å². The quantitative estimate of drug-likeness (QED) is 0.663. The van der Waals surface area contributed by atoms with Crippen molar-refractivity contribution in [3.05, 3.63) is 47.0 Å². The van der Waals surface area contributed by atoms with E-state index in [1.807, 2.05) is 35.8 Å². The van der Waals surface area contributed by atoms with Gasteiger partial charge in [-0.3, -0.25) is 5.41 Å². The third kappa shape index (κ3) is 2.88. The number of nitrogens with zero attached hydrogens (tertiary/aromatic N) is 3. The lowest BCUT2D eigenvalue weighted by atomic mass is 10.2. The van der Waals surface area contributed by atoms with Crippen molar-refractivity contribution in [2.75, 3.05) is 11.9 Å².